The molecule has 2 rings (SSSR count). The third-order valence-electron chi connectivity index (χ3n) is 3.13. The lowest BCUT2D eigenvalue weighted by Crippen LogP contribution is -3.16. The molecule has 0 aliphatic carbocycles. The summed E-state index contributed by atoms with van der Waals surface area (Å²) in [7, 11) is 0. The van der Waals surface area contributed by atoms with Gasteiger partial charge in [-0.1, -0.05) is 6.07 Å². The number of quaternary nitrogens is 1. The molecule has 3 N–H and O–H groups in total. The van der Waals surface area contributed by atoms with Gasteiger partial charge in [0.2, 0.25) is 0 Å². The van der Waals surface area contributed by atoms with E-state index in [1.807, 2.05) is 26.0 Å². The number of rotatable bonds is 3. The van der Waals surface area contributed by atoms with Crippen molar-refractivity contribution in [3.05, 3.63) is 29.3 Å². The number of carbonyl (C=O) groups is 2. The molecule has 0 saturated carbocycles. The lowest BCUT2D eigenvalue weighted by Gasteiger charge is -2.23. The first kappa shape index (κ1) is 13.5. The Labute approximate surface area is 113 Å². The van der Waals surface area contributed by atoms with Crippen molar-refractivity contribution in [3.63, 3.8) is 0 Å². The zero-order valence-corrected chi connectivity index (χ0v) is 11.4. The smallest absolute Gasteiger partial charge is 0.279 e. The Morgan fingerprint density at radius 2 is 2.00 bits per heavy atom. The lowest BCUT2D eigenvalue weighted by atomic mass is 10.1. The monoisotopic (exact) mass is 262 g/mol. The van der Waals surface area contributed by atoms with Crippen molar-refractivity contribution < 1.29 is 14.5 Å². The topological polar surface area (TPSA) is 62.6 Å². The second kappa shape index (κ2) is 5.84. The minimum Gasteiger partial charge on any atom is -0.346 e. The fraction of sp³-hybridized carbons (Fsp3) is 0.429. The maximum Gasteiger partial charge on any atom is 0.279 e. The van der Waals surface area contributed by atoms with Crippen molar-refractivity contribution in [2.24, 2.45) is 0 Å². The first-order valence-corrected chi connectivity index (χ1v) is 6.51. The Morgan fingerprint density at radius 3 is 2.63 bits per heavy atom. The van der Waals surface area contributed by atoms with Crippen LogP contribution in [-0.2, 0) is 9.59 Å². The molecule has 0 aromatic heterocycles. The van der Waals surface area contributed by atoms with Gasteiger partial charge in [0.15, 0.2) is 13.1 Å². The van der Waals surface area contributed by atoms with Gasteiger partial charge >= 0.3 is 0 Å². The summed E-state index contributed by atoms with van der Waals surface area (Å²) < 4.78 is 0. The summed E-state index contributed by atoms with van der Waals surface area (Å²) in [6.45, 7) is 6.16. The molecule has 5 heteroatoms. The Bertz CT molecular complexity index is 479. The Kier molecular flexibility index (Phi) is 4.16. The number of aryl methyl sites for hydroxylation is 2. The van der Waals surface area contributed by atoms with Gasteiger partial charge in [0.1, 0.15) is 0 Å². The van der Waals surface area contributed by atoms with Gasteiger partial charge in [-0.25, -0.2) is 0 Å². The molecule has 0 bridgehead atoms. The van der Waals surface area contributed by atoms with E-state index in [0.29, 0.717) is 19.6 Å². The molecule has 1 aliphatic rings. The van der Waals surface area contributed by atoms with Crippen LogP contribution in [0.15, 0.2) is 18.2 Å². The Morgan fingerprint density at radius 1 is 1.32 bits per heavy atom. The van der Waals surface area contributed by atoms with Gasteiger partial charge in [0.25, 0.3) is 11.8 Å². The molecule has 1 aliphatic heterocycles. The summed E-state index contributed by atoms with van der Waals surface area (Å²) in [5.74, 6) is -0.0323. The van der Waals surface area contributed by atoms with Crippen molar-refractivity contribution in [2.45, 2.75) is 13.8 Å². The zero-order chi connectivity index (χ0) is 13.8. The number of hydrogen-bond acceptors (Lipinski definition) is 2. The van der Waals surface area contributed by atoms with E-state index in [-0.39, 0.29) is 11.8 Å². The van der Waals surface area contributed by atoms with Crippen LogP contribution >= 0.6 is 0 Å². The summed E-state index contributed by atoms with van der Waals surface area (Å²) in [4.78, 5) is 24.2. The van der Waals surface area contributed by atoms with E-state index >= 15 is 0 Å². The highest BCUT2D eigenvalue weighted by atomic mass is 16.2. The molecule has 1 atom stereocenters. The van der Waals surface area contributed by atoms with E-state index in [1.165, 1.54) is 0 Å². The second-order valence-corrected chi connectivity index (χ2v) is 5.13. The molecule has 1 unspecified atom stereocenters. The molecule has 5 nitrogen and oxygen atoms in total. The molecule has 0 spiro atoms. The molecular formula is C14H20N3O2+. The summed E-state index contributed by atoms with van der Waals surface area (Å²) in [6.07, 6.45) is 0. The number of piperazine rings is 1. The number of amides is 2. The molecule has 1 aromatic carbocycles. The molecular weight excluding hydrogens is 242 g/mol. The SMILES string of the molecule is Cc1cc(C)cc(NC(=O)C[NH+]2CCNC(=O)C2)c1. The van der Waals surface area contributed by atoms with Gasteiger partial charge in [0, 0.05) is 5.69 Å². The first-order valence-electron chi connectivity index (χ1n) is 6.51. The molecule has 0 radical (unpaired) electrons. The van der Waals surface area contributed by atoms with Gasteiger partial charge in [-0.3, -0.25) is 9.59 Å². The summed E-state index contributed by atoms with van der Waals surface area (Å²) >= 11 is 0. The maximum atomic E-state index is 11.9. The summed E-state index contributed by atoms with van der Waals surface area (Å²) in [5.41, 5.74) is 3.07. The van der Waals surface area contributed by atoms with E-state index < -0.39 is 0 Å². The second-order valence-electron chi connectivity index (χ2n) is 5.13. The first-order chi connectivity index (χ1) is 9.02. The highest BCUT2D eigenvalue weighted by Gasteiger charge is 2.22. The maximum absolute atomic E-state index is 11.9. The zero-order valence-electron chi connectivity index (χ0n) is 11.4. The average Bonchev–Trinajstić information content (AvgIpc) is 2.26. The number of nitrogens with one attached hydrogen (secondary N) is 3. The van der Waals surface area contributed by atoms with Crippen molar-refractivity contribution in [1.29, 1.82) is 0 Å². The third-order valence-corrected chi connectivity index (χ3v) is 3.13. The molecule has 19 heavy (non-hydrogen) atoms. The standard InChI is InChI=1S/C14H19N3O2/c1-10-5-11(2)7-12(6-10)16-14(19)9-17-4-3-15-13(18)8-17/h5-7H,3-4,8-9H2,1-2H3,(H,15,18)(H,16,19)/p+1. The number of benzene rings is 1. The number of hydrogen-bond donors (Lipinski definition) is 3. The minimum atomic E-state index is -0.0466. The van der Waals surface area contributed by atoms with Gasteiger partial charge in [-0.05, 0) is 37.1 Å². The van der Waals surface area contributed by atoms with Crippen molar-refractivity contribution in [1.82, 2.24) is 5.32 Å². The van der Waals surface area contributed by atoms with Crippen LogP contribution in [0.25, 0.3) is 0 Å². The fourth-order valence-corrected chi connectivity index (χ4v) is 2.39. The normalized spacial score (nSPS) is 18.8. The van der Waals surface area contributed by atoms with E-state index in [1.54, 1.807) is 0 Å². The quantitative estimate of drug-likeness (QED) is 0.671. The lowest BCUT2D eigenvalue weighted by molar-refractivity contribution is -0.885. The van der Waals surface area contributed by atoms with Crippen LogP contribution < -0.4 is 15.5 Å². The molecule has 1 saturated heterocycles. The van der Waals surface area contributed by atoms with Crippen LogP contribution in [0, 0.1) is 13.8 Å². The number of anilines is 1. The highest BCUT2D eigenvalue weighted by Crippen LogP contribution is 2.13. The van der Waals surface area contributed by atoms with Crippen molar-refractivity contribution in [2.75, 3.05) is 31.5 Å². The van der Waals surface area contributed by atoms with Crippen LogP contribution in [0.2, 0.25) is 0 Å². The molecule has 1 heterocycles. The molecule has 2 amide bonds. The Balaban J connectivity index is 1.91. The van der Waals surface area contributed by atoms with E-state index in [9.17, 15) is 9.59 Å². The van der Waals surface area contributed by atoms with Crippen LogP contribution in [0.3, 0.4) is 0 Å². The predicted molar refractivity (Wildman–Crippen MR) is 73.1 cm³/mol. The highest BCUT2D eigenvalue weighted by molar-refractivity contribution is 5.91. The van der Waals surface area contributed by atoms with Gasteiger partial charge < -0.3 is 15.5 Å². The third kappa shape index (κ3) is 4.06. The van der Waals surface area contributed by atoms with E-state index in [4.69, 9.17) is 0 Å². The van der Waals surface area contributed by atoms with Crippen LogP contribution in [-0.4, -0.2) is 38.0 Å². The molecule has 102 valence electrons. The van der Waals surface area contributed by atoms with Crippen molar-refractivity contribution >= 4 is 17.5 Å². The Hall–Kier alpha value is -1.88. The summed E-state index contributed by atoms with van der Waals surface area (Å²) in [6, 6.07) is 5.96. The predicted octanol–water partition coefficient (Wildman–Crippen LogP) is -0.743. The van der Waals surface area contributed by atoms with Crippen LogP contribution in [0.1, 0.15) is 11.1 Å². The van der Waals surface area contributed by atoms with Gasteiger partial charge in [0.05, 0.1) is 13.1 Å². The van der Waals surface area contributed by atoms with E-state index in [2.05, 4.69) is 16.7 Å². The van der Waals surface area contributed by atoms with E-state index in [0.717, 1.165) is 28.3 Å². The average molecular weight is 262 g/mol. The van der Waals surface area contributed by atoms with Gasteiger partial charge in [-0.2, -0.15) is 0 Å². The number of carbonyl (C=O) groups excluding carboxylic acids is 2. The van der Waals surface area contributed by atoms with Gasteiger partial charge in [-0.15, -0.1) is 0 Å². The van der Waals surface area contributed by atoms with Crippen molar-refractivity contribution in [3.8, 4) is 0 Å². The molecule has 1 fully saturated rings. The minimum absolute atomic E-state index is 0.0143. The molecule has 1 aromatic rings. The largest absolute Gasteiger partial charge is 0.346 e. The van der Waals surface area contributed by atoms with Crippen LogP contribution in [0.4, 0.5) is 5.69 Å². The van der Waals surface area contributed by atoms with Crippen LogP contribution in [0.5, 0.6) is 0 Å². The fourth-order valence-electron chi connectivity index (χ4n) is 2.39. The summed E-state index contributed by atoms with van der Waals surface area (Å²) in [5, 5.41) is 5.65.